The van der Waals surface area contributed by atoms with Crippen LogP contribution in [0.3, 0.4) is 0 Å². The van der Waals surface area contributed by atoms with Gasteiger partial charge in [-0.15, -0.1) is 0 Å². The fourth-order valence-corrected chi connectivity index (χ4v) is 2.02. The summed E-state index contributed by atoms with van der Waals surface area (Å²) in [5.41, 5.74) is 6.85. The maximum Gasteiger partial charge on any atom is 0.253 e. The molecule has 1 aliphatic heterocycles. The molecule has 2 rings (SSSR count). The summed E-state index contributed by atoms with van der Waals surface area (Å²) in [5.74, 6) is -0.0880. The first-order valence-electron chi connectivity index (χ1n) is 6.00. The van der Waals surface area contributed by atoms with Gasteiger partial charge in [-0.2, -0.15) is 0 Å². The molecule has 1 saturated heterocycles. The van der Waals surface area contributed by atoms with E-state index in [0.29, 0.717) is 11.3 Å². The van der Waals surface area contributed by atoms with E-state index in [-0.39, 0.29) is 11.9 Å². The molecule has 4 nitrogen and oxygen atoms in total. The minimum atomic E-state index is -0.0880. The van der Waals surface area contributed by atoms with Crippen molar-refractivity contribution < 1.29 is 9.53 Å². The third-order valence-corrected chi connectivity index (χ3v) is 2.99. The Morgan fingerprint density at radius 1 is 1.29 bits per heavy atom. The van der Waals surface area contributed by atoms with E-state index in [0.717, 1.165) is 32.5 Å². The molecular weight excluding hydrogens is 216 g/mol. The predicted octanol–water partition coefficient (Wildman–Crippen LogP) is 1.57. The van der Waals surface area contributed by atoms with Gasteiger partial charge in [0.1, 0.15) is 0 Å². The zero-order valence-electron chi connectivity index (χ0n) is 9.82. The van der Waals surface area contributed by atoms with Gasteiger partial charge in [-0.25, -0.2) is 0 Å². The van der Waals surface area contributed by atoms with Crippen molar-refractivity contribution in [1.29, 1.82) is 0 Å². The summed E-state index contributed by atoms with van der Waals surface area (Å²) in [6.45, 7) is 1.51. The van der Waals surface area contributed by atoms with E-state index in [1.807, 2.05) is 12.1 Å². The van der Waals surface area contributed by atoms with Gasteiger partial charge in [0.25, 0.3) is 5.91 Å². The standard InChI is InChI=1S/C13H18N2O2/c14-12-6-2-1-5-11(12)13(16)15-10-4-3-8-17-9-7-10/h1-2,5-6,10H,3-4,7-9,14H2,(H,15,16). The van der Waals surface area contributed by atoms with E-state index in [2.05, 4.69) is 5.32 Å². The smallest absolute Gasteiger partial charge is 0.253 e. The van der Waals surface area contributed by atoms with Gasteiger partial charge in [0.05, 0.1) is 5.56 Å². The summed E-state index contributed by atoms with van der Waals surface area (Å²) in [5, 5.41) is 3.02. The summed E-state index contributed by atoms with van der Waals surface area (Å²) in [4.78, 5) is 12.0. The van der Waals surface area contributed by atoms with Gasteiger partial charge in [0.15, 0.2) is 0 Å². The van der Waals surface area contributed by atoms with Gasteiger partial charge in [0.2, 0.25) is 0 Å². The lowest BCUT2D eigenvalue weighted by atomic mass is 10.1. The first-order chi connectivity index (χ1) is 8.27. The molecule has 0 saturated carbocycles. The minimum absolute atomic E-state index is 0.0880. The second kappa shape index (κ2) is 5.68. The number of anilines is 1. The van der Waals surface area contributed by atoms with Gasteiger partial charge < -0.3 is 15.8 Å². The van der Waals surface area contributed by atoms with E-state index in [9.17, 15) is 4.79 Å². The Kier molecular flexibility index (Phi) is 3.98. The number of benzene rings is 1. The van der Waals surface area contributed by atoms with Gasteiger partial charge in [-0.3, -0.25) is 4.79 Å². The Bertz CT molecular complexity index is 385. The van der Waals surface area contributed by atoms with Crippen molar-refractivity contribution in [3.63, 3.8) is 0 Å². The van der Waals surface area contributed by atoms with E-state index >= 15 is 0 Å². The van der Waals surface area contributed by atoms with Crippen molar-refractivity contribution >= 4 is 11.6 Å². The topological polar surface area (TPSA) is 64.4 Å². The van der Waals surface area contributed by atoms with E-state index in [1.165, 1.54) is 0 Å². The molecule has 0 bridgehead atoms. The van der Waals surface area contributed by atoms with Crippen molar-refractivity contribution in [1.82, 2.24) is 5.32 Å². The second-order valence-corrected chi connectivity index (χ2v) is 4.30. The normalized spacial score (nSPS) is 20.6. The number of para-hydroxylation sites is 1. The molecule has 1 unspecified atom stereocenters. The molecule has 1 atom stereocenters. The number of amides is 1. The van der Waals surface area contributed by atoms with Crippen molar-refractivity contribution in [3.8, 4) is 0 Å². The SMILES string of the molecule is Nc1ccccc1C(=O)NC1CCCOCC1. The highest BCUT2D eigenvalue weighted by atomic mass is 16.5. The first-order valence-corrected chi connectivity index (χ1v) is 6.00. The molecule has 1 aromatic rings. The molecule has 1 aliphatic rings. The summed E-state index contributed by atoms with van der Waals surface area (Å²) in [7, 11) is 0. The molecule has 0 radical (unpaired) electrons. The second-order valence-electron chi connectivity index (χ2n) is 4.30. The van der Waals surface area contributed by atoms with Crippen LogP contribution in [0.25, 0.3) is 0 Å². The zero-order chi connectivity index (χ0) is 12.1. The number of nitrogens with one attached hydrogen (secondary N) is 1. The van der Waals surface area contributed by atoms with E-state index in [1.54, 1.807) is 12.1 Å². The van der Waals surface area contributed by atoms with Crippen LogP contribution in [0.2, 0.25) is 0 Å². The van der Waals surface area contributed by atoms with Crippen molar-refractivity contribution in [2.75, 3.05) is 18.9 Å². The Morgan fingerprint density at radius 2 is 2.12 bits per heavy atom. The maximum absolute atomic E-state index is 12.0. The van der Waals surface area contributed by atoms with Crippen LogP contribution in [-0.4, -0.2) is 25.2 Å². The quantitative estimate of drug-likeness (QED) is 0.763. The lowest BCUT2D eigenvalue weighted by molar-refractivity contribution is 0.0930. The predicted molar refractivity (Wildman–Crippen MR) is 66.8 cm³/mol. The van der Waals surface area contributed by atoms with Gasteiger partial charge in [-0.1, -0.05) is 12.1 Å². The van der Waals surface area contributed by atoms with Gasteiger partial charge in [-0.05, 0) is 31.4 Å². The monoisotopic (exact) mass is 234 g/mol. The molecule has 0 aliphatic carbocycles. The van der Waals surface area contributed by atoms with Crippen LogP contribution in [0.4, 0.5) is 5.69 Å². The Balaban J connectivity index is 1.98. The van der Waals surface area contributed by atoms with Crippen LogP contribution < -0.4 is 11.1 Å². The molecule has 4 heteroatoms. The molecule has 1 heterocycles. The fraction of sp³-hybridized carbons (Fsp3) is 0.462. The van der Waals surface area contributed by atoms with Crippen LogP contribution in [0.15, 0.2) is 24.3 Å². The van der Waals surface area contributed by atoms with Crippen molar-refractivity contribution in [2.24, 2.45) is 0 Å². The number of hydrogen-bond donors (Lipinski definition) is 2. The highest BCUT2D eigenvalue weighted by molar-refractivity contribution is 5.99. The fourth-order valence-electron chi connectivity index (χ4n) is 2.02. The van der Waals surface area contributed by atoms with Gasteiger partial charge in [0, 0.05) is 24.9 Å². The molecule has 3 N–H and O–H groups in total. The lowest BCUT2D eigenvalue weighted by Gasteiger charge is -2.16. The molecule has 92 valence electrons. The van der Waals surface area contributed by atoms with E-state index < -0.39 is 0 Å². The van der Waals surface area contributed by atoms with Crippen molar-refractivity contribution in [3.05, 3.63) is 29.8 Å². The highest BCUT2D eigenvalue weighted by Gasteiger charge is 2.16. The average molecular weight is 234 g/mol. The molecule has 17 heavy (non-hydrogen) atoms. The Morgan fingerprint density at radius 3 is 2.94 bits per heavy atom. The number of nitrogens with two attached hydrogens (primary N) is 1. The van der Waals surface area contributed by atoms with Gasteiger partial charge >= 0.3 is 0 Å². The maximum atomic E-state index is 12.0. The first kappa shape index (κ1) is 11.9. The number of carbonyl (C=O) groups excluding carboxylic acids is 1. The number of hydrogen-bond acceptors (Lipinski definition) is 3. The molecule has 1 aromatic carbocycles. The minimum Gasteiger partial charge on any atom is -0.398 e. The highest BCUT2D eigenvalue weighted by Crippen LogP contribution is 2.13. The van der Waals surface area contributed by atoms with Crippen LogP contribution in [-0.2, 0) is 4.74 Å². The molecule has 1 amide bonds. The largest absolute Gasteiger partial charge is 0.398 e. The zero-order valence-corrected chi connectivity index (χ0v) is 9.82. The Labute approximate surface area is 101 Å². The molecular formula is C13H18N2O2. The summed E-state index contributed by atoms with van der Waals surface area (Å²) >= 11 is 0. The third-order valence-electron chi connectivity index (χ3n) is 2.99. The molecule has 1 fully saturated rings. The number of rotatable bonds is 2. The van der Waals surface area contributed by atoms with Crippen LogP contribution in [0.5, 0.6) is 0 Å². The number of nitrogen functional groups attached to an aromatic ring is 1. The van der Waals surface area contributed by atoms with E-state index in [4.69, 9.17) is 10.5 Å². The third kappa shape index (κ3) is 3.20. The molecule has 0 spiro atoms. The molecule has 0 aromatic heterocycles. The van der Waals surface area contributed by atoms with Crippen LogP contribution >= 0.6 is 0 Å². The summed E-state index contributed by atoms with van der Waals surface area (Å²) < 4.78 is 5.36. The number of carbonyl (C=O) groups is 1. The van der Waals surface area contributed by atoms with Crippen LogP contribution in [0.1, 0.15) is 29.6 Å². The summed E-state index contributed by atoms with van der Waals surface area (Å²) in [6.07, 6.45) is 2.84. The van der Waals surface area contributed by atoms with Crippen LogP contribution in [0, 0.1) is 0 Å². The summed E-state index contributed by atoms with van der Waals surface area (Å²) in [6, 6.07) is 7.33. The van der Waals surface area contributed by atoms with Crippen molar-refractivity contribution in [2.45, 2.75) is 25.3 Å². The lowest BCUT2D eigenvalue weighted by Crippen LogP contribution is -2.35. The Hall–Kier alpha value is -1.55. The average Bonchev–Trinajstić information content (AvgIpc) is 2.58. The number of ether oxygens (including phenoxy) is 1.